The molecule has 3 nitrogen and oxygen atoms in total. The molecule has 1 heterocycles. The summed E-state index contributed by atoms with van der Waals surface area (Å²) in [5.41, 5.74) is 5.77. The average Bonchev–Trinajstić information content (AvgIpc) is 3.46. The van der Waals surface area contributed by atoms with E-state index in [0.717, 1.165) is 51.7 Å². The molecule has 0 spiro atoms. The van der Waals surface area contributed by atoms with Crippen LogP contribution >= 0.6 is 0 Å². The number of hydrogen-bond donors (Lipinski definition) is 1. The van der Waals surface area contributed by atoms with E-state index in [-0.39, 0.29) is 11.9 Å². The van der Waals surface area contributed by atoms with Crippen molar-refractivity contribution in [3.05, 3.63) is 48.6 Å². The highest BCUT2D eigenvalue weighted by Crippen LogP contribution is 2.36. The Kier molecular flexibility index (Phi) is 30.5. The van der Waals surface area contributed by atoms with Crippen LogP contribution in [-0.4, -0.2) is 25.0 Å². The molecule has 1 aliphatic heterocycles. The SMILES string of the molecule is CCCCC/C=C\C/C=C\CCCCCCCCC1(CCCCCCCC/C=C\C/C=C\CCCCC)OCC(CCCN)O1. The minimum absolute atomic E-state index is 0.239. The van der Waals surface area contributed by atoms with Gasteiger partial charge in [-0.05, 0) is 96.4 Å². The molecule has 0 saturated carbocycles. The highest BCUT2D eigenvalue weighted by Gasteiger charge is 2.40. The molecule has 1 aliphatic rings. The van der Waals surface area contributed by atoms with Gasteiger partial charge in [-0.15, -0.1) is 0 Å². The first-order chi connectivity index (χ1) is 22.3. The van der Waals surface area contributed by atoms with Crippen molar-refractivity contribution in [3.8, 4) is 0 Å². The van der Waals surface area contributed by atoms with Crippen molar-refractivity contribution in [2.24, 2.45) is 5.73 Å². The first kappa shape index (κ1) is 41.9. The normalized spacial score (nSPS) is 16.9. The maximum Gasteiger partial charge on any atom is 0.168 e. The van der Waals surface area contributed by atoms with Gasteiger partial charge in [0.25, 0.3) is 0 Å². The minimum atomic E-state index is -0.330. The molecule has 0 radical (unpaired) electrons. The monoisotopic (exact) mass is 628 g/mol. The molecule has 2 N–H and O–H groups in total. The van der Waals surface area contributed by atoms with Crippen LogP contribution in [0.25, 0.3) is 0 Å². The standard InChI is InChI=1S/C42H77NO2/c1-3-5-7-9-11-13-15-17-19-21-23-25-27-29-31-33-37-42(44-40-41(45-42)36-35-39-43)38-34-32-30-28-26-24-22-20-18-16-14-12-10-8-6-4-2/h11-14,17-20,41H,3-10,15-16,21-40,43H2,1-2H3/b13-11-,14-12-,19-17-,20-18-. The van der Waals surface area contributed by atoms with Crippen LogP contribution < -0.4 is 5.73 Å². The summed E-state index contributed by atoms with van der Waals surface area (Å²) >= 11 is 0. The lowest BCUT2D eigenvalue weighted by Gasteiger charge is -2.28. The molecule has 3 heteroatoms. The number of rotatable bonds is 33. The molecule has 0 aromatic carbocycles. The quantitative estimate of drug-likeness (QED) is 0.0581. The smallest absolute Gasteiger partial charge is 0.168 e. The van der Waals surface area contributed by atoms with E-state index in [1.54, 1.807) is 0 Å². The summed E-state index contributed by atoms with van der Waals surface area (Å²) in [6, 6.07) is 0. The van der Waals surface area contributed by atoms with Crippen molar-refractivity contribution in [2.45, 2.75) is 206 Å². The van der Waals surface area contributed by atoms with Gasteiger partial charge in [-0.25, -0.2) is 0 Å². The second kappa shape index (κ2) is 32.8. The van der Waals surface area contributed by atoms with Crippen LogP contribution in [0.4, 0.5) is 0 Å². The van der Waals surface area contributed by atoms with E-state index >= 15 is 0 Å². The maximum atomic E-state index is 6.60. The molecule has 0 amide bonds. The minimum Gasteiger partial charge on any atom is -0.347 e. The van der Waals surface area contributed by atoms with E-state index in [4.69, 9.17) is 15.2 Å². The van der Waals surface area contributed by atoms with Crippen LogP contribution in [0, 0.1) is 0 Å². The third kappa shape index (κ3) is 26.6. The van der Waals surface area contributed by atoms with Crippen LogP contribution in [0.1, 0.15) is 194 Å². The molecule has 0 aliphatic carbocycles. The zero-order valence-electron chi connectivity index (χ0n) is 30.3. The van der Waals surface area contributed by atoms with Gasteiger partial charge < -0.3 is 15.2 Å². The lowest BCUT2D eigenvalue weighted by atomic mass is 9.98. The topological polar surface area (TPSA) is 44.5 Å². The summed E-state index contributed by atoms with van der Waals surface area (Å²) in [6.07, 6.45) is 54.1. The maximum absolute atomic E-state index is 6.60. The van der Waals surface area contributed by atoms with E-state index < -0.39 is 0 Å². The van der Waals surface area contributed by atoms with Crippen molar-refractivity contribution >= 4 is 0 Å². The fourth-order valence-corrected chi connectivity index (χ4v) is 6.26. The Morgan fingerprint density at radius 3 is 1.33 bits per heavy atom. The summed E-state index contributed by atoms with van der Waals surface area (Å²) < 4.78 is 13.0. The highest BCUT2D eigenvalue weighted by atomic mass is 16.7. The molecule has 0 aromatic heterocycles. The summed E-state index contributed by atoms with van der Waals surface area (Å²) in [5, 5.41) is 0. The molecule has 45 heavy (non-hydrogen) atoms. The Hall–Kier alpha value is -1.16. The van der Waals surface area contributed by atoms with Gasteiger partial charge in [-0.2, -0.15) is 0 Å². The molecule has 1 fully saturated rings. The lowest BCUT2D eigenvalue weighted by Crippen LogP contribution is -2.31. The Morgan fingerprint density at radius 2 is 0.911 bits per heavy atom. The number of ether oxygens (including phenoxy) is 2. The summed E-state index contributed by atoms with van der Waals surface area (Å²) in [4.78, 5) is 0. The first-order valence-electron chi connectivity index (χ1n) is 19.9. The van der Waals surface area contributed by atoms with Crippen LogP contribution in [0.2, 0.25) is 0 Å². The Morgan fingerprint density at radius 1 is 0.511 bits per heavy atom. The zero-order valence-corrected chi connectivity index (χ0v) is 30.3. The molecule has 1 rings (SSSR count). The number of allylic oxidation sites excluding steroid dienone is 8. The fourth-order valence-electron chi connectivity index (χ4n) is 6.26. The highest BCUT2D eigenvalue weighted by molar-refractivity contribution is 4.93. The first-order valence-corrected chi connectivity index (χ1v) is 19.9. The van der Waals surface area contributed by atoms with Crippen molar-refractivity contribution in [2.75, 3.05) is 13.2 Å². The zero-order chi connectivity index (χ0) is 32.4. The van der Waals surface area contributed by atoms with Gasteiger partial charge in [0.1, 0.15) is 0 Å². The van der Waals surface area contributed by atoms with Gasteiger partial charge in [0, 0.05) is 12.8 Å². The van der Waals surface area contributed by atoms with Crippen LogP contribution in [0.15, 0.2) is 48.6 Å². The Labute approximate surface area is 282 Å². The molecule has 1 unspecified atom stereocenters. The Balaban J connectivity index is 2.12. The van der Waals surface area contributed by atoms with Gasteiger partial charge in [0.2, 0.25) is 0 Å². The summed E-state index contributed by atoms with van der Waals surface area (Å²) in [6.45, 7) is 6.03. The number of unbranched alkanes of at least 4 members (excludes halogenated alkanes) is 18. The van der Waals surface area contributed by atoms with Gasteiger partial charge in [-0.1, -0.05) is 140 Å². The molecule has 1 saturated heterocycles. The van der Waals surface area contributed by atoms with E-state index in [2.05, 4.69) is 62.5 Å². The van der Waals surface area contributed by atoms with Crippen LogP contribution in [-0.2, 0) is 9.47 Å². The average molecular weight is 628 g/mol. The van der Waals surface area contributed by atoms with E-state index in [1.807, 2.05) is 0 Å². The predicted octanol–water partition coefficient (Wildman–Crippen LogP) is 13.2. The van der Waals surface area contributed by atoms with Crippen molar-refractivity contribution in [1.82, 2.24) is 0 Å². The largest absolute Gasteiger partial charge is 0.347 e. The second-order valence-corrected chi connectivity index (χ2v) is 13.6. The Bertz CT molecular complexity index is 676. The van der Waals surface area contributed by atoms with E-state index in [9.17, 15) is 0 Å². The van der Waals surface area contributed by atoms with Crippen molar-refractivity contribution in [3.63, 3.8) is 0 Å². The molecule has 0 aromatic rings. The van der Waals surface area contributed by atoms with Gasteiger partial charge in [-0.3, -0.25) is 0 Å². The summed E-state index contributed by atoms with van der Waals surface area (Å²) in [7, 11) is 0. The van der Waals surface area contributed by atoms with Crippen molar-refractivity contribution in [1.29, 1.82) is 0 Å². The van der Waals surface area contributed by atoms with Gasteiger partial charge in [0.15, 0.2) is 5.79 Å². The molecular formula is C42H77NO2. The third-order valence-corrected chi connectivity index (χ3v) is 9.16. The number of hydrogen-bond acceptors (Lipinski definition) is 3. The predicted molar refractivity (Wildman–Crippen MR) is 200 cm³/mol. The molecule has 1 atom stereocenters. The van der Waals surface area contributed by atoms with Crippen LogP contribution in [0.3, 0.4) is 0 Å². The van der Waals surface area contributed by atoms with Crippen molar-refractivity contribution < 1.29 is 9.47 Å². The van der Waals surface area contributed by atoms with E-state index in [0.29, 0.717) is 0 Å². The van der Waals surface area contributed by atoms with E-state index in [1.165, 1.54) is 141 Å². The van der Waals surface area contributed by atoms with Crippen LogP contribution in [0.5, 0.6) is 0 Å². The lowest BCUT2D eigenvalue weighted by molar-refractivity contribution is -0.180. The third-order valence-electron chi connectivity index (χ3n) is 9.16. The molecule has 262 valence electrons. The molecule has 0 bridgehead atoms. The summed E-state index contributed by atoms with van der Waals surface area (Å²) in [5.74, 6) is -0.330. The molecular weight excluding hydrogens is 550 g/mol. The fraction of sp³-hybridized carbons (Fsp3) is 0.810. The number of nitrogens with two attached hydrogens (primary N) is 1. The second-order valence-electron chi connectivity index (χ2n) is 13.6. The van der Waals surface area contributed by atoms with Gasteiger partial charge >= 0.3 is 0 Å². The van der Waals surface area contributed by atoms with Gasteiger partial charge in [0.05, 0.1) is 12.7 Å².